The molecule has 0 radical (unpaired) electrons. The van der Waals surface area contributed by atoms with E-state index in [4.69, 9.17) is 18.9 Å². The molecule has 29 heavy (non-hydrogen) atoms. The molecule has 0 saturated carbocycles. The predicted octanol–water partition coefficient (Wildman–Crippen LogP) is 3.98. The summed E-state index contributed by atoms with van der Waals surface area (Å²) in [6.07, 6.45) is 1.13. The first-order valence-corrected chi connectivity index (χ1v) is 9.00. The Morgan fingerprint density at radius 3 is 1.66 bits per heavy atom. The molecule has 0 aromatic heterocycles. The van der Waals surface area contributed by atoms with Gasteiger partial charge in [0.1, 0.15) is 37.9 Å². The Labute approximate surface area is 171 Å². The molecule has 0 amide bonds. The molecular formula is C23H26O6. The van der Waals surface area contributed by atoms with Crippen LogP contribution >= 0.6 is 0 Å². The topological polar surface area (TPSA) is 71.1 Å². The minimum absolute atomic E-state index is 0.236. The predicted molar refractivity (Wildman–Crippen MR) is 111 cm³/mol. The zero-order chi connectivity index (χ0) is 21.3. The van der Waals surface area contributed by atoms with E-state index >= 15 is 0 Å². The minimum atomic E-state index is -0.429. The fourth-order valence-electron chi connectivity index (χ4n) is 1.81. The van der Waals surface area contributed by atoms with E-state index in [-0.39, 0.29) is 19.2 Å². The Morgan fingerprint density at radius 2 is 1.24 bits per heavy atom. The highest BCUT2D eigenvalue weighted by Gasteiger charge is 2.02. The first-order chi connectivity index (χ1) is 14.0. The number of para-hydroxylation sites is 2. The van der Waals surface area contributed by atoms with Crippen LogP contribution in [0.3, 0.4) is 0 Å². The van der Waals surface area contributed by atoms with Gasteiger partial charge in [-0.15, -0.1) is 0 Å². The van der Waals surface area contributed by atoms with Crippen LogP contribution in [-0.4, -0.2) is 38.4 Å². The standard InChI is InChI=1S/C12H14O3.C11H12O3/c1-10(2)12(13)15-9-8-14-11-6-4-3-5-7-11;1-2-11(12)14-9-8-13-10-6-4-3-5-7-10/h3-7H,1,8-9H2,2H3;2-7H,1,8-9H2. The van der Waals surface area contributed by atoms with Crippen molar-refractivity contribution in [3.8, 4) is 11.5 Å². The van der Waals surface area contributed by atoms with E-state index in [0.717, 1.165) is 17.6 Å². The number of esters is 2. The quantitative estimate of drug-likeness (QED) is 0.342. The third-order valence-corrected chi connectivity index (χ3v) is 3.18. The summed E-state index contributed by atoms with van der Waals surface area (Å²) in [5.41, 5.74) is 0.398. The van der Waals surface area contributed by atoms with Crippen molar-refractivity contribution in [3.05, 3.63) is 85.5 Å². The maximum absolute atomic E-state index is 11.0. The highest BCUT2D eigenvalue weighted by molar-refractivity contribution is 5.86. The number of benzene rings is 2. The molecule has 0 heterocycles. The third-order valence-electron chi connectivity index (χ3n) is 3.18. The number of carbonyl (C=O) groups excluding carboxylic acids is 2. The summed E-state index contributed by atoms with van der Waals surface area (Å²) in [6.45, 7) is 9.54. The summed E-state index contributed by atoms with van der Waals surface area (Å²) in [5.74, 6) is 0.722. The van der Waals surface area contributed by atoms with Crippen LogP contribution < -0.4 is 9.47 Å². The fraction of sp³-hybridized carbons (Fsp3) is 0.217. The lowest BCUT2D eigenvalue weighted by Gasteiger charge is -2.06. The van der Waals surface area contributed by atoms with E-state index in [1.54, 1.807) is 6.92 Å². The molecule has 154 valence electrons. The van der Waals surface area contributed by atoms with Crippen molar-refractivity contribution in [3.63, 3.8) is 0 Å². The molecule has 0 aliphatic heterocycles. The molecule has 0 atom stereocenters. The fourth-order valence-corrected chi connectivity index (χ4v) is 1.81. The van der Waals surface area contributed by atoms with Gasteiger partial charge >= 0.3 is 11.9 Å². The Balaban J connectivity index is 0.000000291. The zero-order valence-electron chi connectivity index (χ0n) is 16.5. The molecule has 2 rings (SSSR count). The average molecular weight is 398 g/mol. The Kier molecular flexibility index (Phi) is 11.8. The number of ether oxygens (including phenoxy) is 4. The van der Waals surface area contributed by atoms with Crippen LogP contribution in [0.1, 0.15) is 6.92 Å². The van der Waals surface area contributed by atoms with Crippen molar-refractivity contribution >= 4 is 11.9 Å². The van der Waals surface area contributed by atoms with Crippen molar-refractivity contribution in [2.24, 2.45) is 0 Å². The van der Waals surface area contributed by atoms with E-state index in [1.807, 2.05) is 60.7 Å². The SMILES string of the molecule is C=C(C)C(=O)OCCOc1ccccc1.C=CC(=O)OCCOc1ccccc1. The summed E-state index contributed by atoms with van der Waals surface area (Å²) in [6, 6.07) is 18.7. The van der Waals surface area contributed by atoms with Crippen molar-refractivity contribution < 1.29 is 28.5 Å². The summed E-state index contributed by atoms with van der Waals surface area (Å²) in [7, 11) is 0. The zero-order valence-corrected chi connectivity index (χ0v) is 16.5. The summed E-state index contributed by atoms with van der Waals surface area (Å²) < 4.78 is 20.2. The monoisotopic (exact) mass is 398 g/mol. The van der Waals surface area contributed by atoms with Gasteiger partial charge in [0.15, 0.2) is 0 Å². The Hall–Kier alpha value is -3.54. The first-order valence-electron chi connectivity index (χ1n) is 9.00. The third kappa shape index (κ3) is 11.7. The molecule has 0 unspecified atom stereocenters. The lowest BCUT2D eigenvalue weighted by Crippen LogP contribution is -2.12. The molecule has 0 bridgehead atoms. The second kappa shape index (κ2) is 14.5. The van der Waals surface area contributed by atoms with Gasteiger partial charge in [0.2, 0.25) is 0 Å². The van der Waals surface area contributed by atoms with Gasteiger partial charge in [0.25, 0.3) is 0 Å². The molecule has 0 saturated heterocycles. The summed E-state index contributed by atoms with van der Waals surface area (Å²) in [4.78, 5) is 21.6. The molecule has 6 heteroatoms. The molecule has 0 fully saturated rings. The van der Waals surface area contributed by atoms with Gasteiger partial charge in [0, 0.05) is 11.6 Å². The van der Waals surface area contributed by atoms with Gasteiger partial charge < -0.3 is 18.9 Å². The van der Waals surface area contributed by atoms with Crippen LogP contribution in [0.4, 0.5) is 0 Å². The molecule has 2 aromatic carbocycles. The van der Waals surface area contributed by atoms with E-state index in [2.05, 4.69) is 13.2 Å². The number of carbonyl (C=O) groups is 2. The lowest BCUT2D eigenvalue weighted by molar-refractivity contribution is -0.140. The number of hydrogen-bond acceptors (Lipinski definition) is 6. The number of hydrogen-bond donors (Lipinski definition) is 0. The molecule has 6 nitrogen and oxygen atoms in total. The van der Waals surface area contributed by atoms with Gasteiger partial charge in [-0.2, -0.15) is 0 Å². The molecule has 0 spiro atoms. The molecular weight excluding hydrogens is 372 g/mol. The maximum atomic E-state index is 11.0. The van der Waals surface area contributed by atoms with E-state index < -0.39 is 5.97 Å². The smallest absolute Gasteiger partial charge is 0.333 e. The van der Waals surface area contributed by atoms with Gasteiger partial charge in [-0.25, -0.2) is 9.59 Å². The van der Waals surface area contributed by atoms with Gasteiger partial charge in [-0.05, 0) is 31.2 Å². The van der Waals surface area contributed by atoms with Crippen molar-refractivity contribution in [1.82, 2.24) is 0 Å². The van der Waals surface area contributed by atoms with Crippen LogP contribution in [0.25, 0.3) is 0 Å². The van der Waals surface area contributed by atoms with Gasteiger partial charge in [-0.1, -0.05) is 49.6 Å². The highest BCUT2D eigenvalue weighted by atomic mass is 16.6. The van der Waals surface area contributed by atoms with Crippen molar-refractivity contribution in [2.45, 2.75) is 6.92 Å². The molecule has 2 aromatic rings. The van der Waals surface area contributed by atoms with Crippen LogP contribution in [0.5, 0.6) is 11.5 Å². The Bertz CT molecular complexity index is 755. The van der Waals surface area contributed by atoms with Gasteiger partial charge in [-0.3, -0.25) is 0 Å². The second-order valence-electron chi connectivity index (χ2n) is 5.61. The number of rotatable bonds is 10. The van der Waals surface area contributed by atoms with Crippen LogP contribution in [-0.2, 0) is 19.1 Å². The second-order valence-corrected chi connectivity index (χ2v) is 5.61. The summed E-state index contributed by atoms with van der Waals surface area (Å²) >= 11 is 0. The Morgan fingerprint density at radius 1 is 0.793 bits per heavy atom. The van der Waals surface area contributed by atoms with Crippen LogP contribution in [0.2, 0.25) is 0 Å². The van der Waals surface area contributed by atoms with Crippen molar-refractivity contribution in [1.29, 1.82) is 0 Å². The van der Waals surface area contributed by atoms with E-state index in [1.165, 1.54) is 0 Å². The highest BCUT2D eigenvalue weighted by Crippen LogP contribution is 2.08. The van der Waals surface area contributed by atoms with Crippen LogP contribution in [0.15, 0.2) is 85.5 Å². The first kappa shape index (κ1) is 23.5. The average Bonchev–Trinajstić information content (AvgIpc) is 2.75. The molecule has 0 N–H and O–H groups in total. The normalized spacial score (nSPS) is 9.28. The molecule has 0 aliphatic carbocycles. The van der Waals surface area contributed by atoms with Crippen molar-refractivity contribution in [2.75, 3.05) is 26.4 Å². The lowest BCUT2D eigenvalue weighted by atomic mass is 10.3. The van der Waals surface area contributed by atoms with E-state index in [0.29, 0.717) is 18.8 Å². The largest absolute Gasteiger partial charge is 0.490 e. The maximum Gasteiger partial charge on any atom is 0.333 e. The van der Waals surface area contributed by atoms with Gasteiger partial charge in [0.05, 0.1) is 0 Å². The molecule has 0 aliphatic rings. The van der Waals surface area contributed by atoms with E-state index in [9.17, 15) is 9.59 Å². The summed E-state index contributed by atoms with van der Waals surface area (Å²) in [5, 5.41) is 0. The minimum Gasteiger partial charge on any atom is -0.490 e. The van der Waals surface area contributed by atoms with Crippen LogP contribution in [0, 0.1) is 0 Å².